The molecule has 1 aromatic rings. The zero-order chi connectivity index (χ0) is 17.7. The Morgan fingerprint density at radius 2 is 1.96 bits per heavy atom. The zero-order valence-electron chi connectivity index (χ0n) is 13.8. The smallest absolute Gasteiger partial charge is 0.239 e. The van der Waals surface area contributed by atoms with E-state index in [1.807, 2.05) is 19.1 Å². The van der Waals surface area contributed by atoms with Crippen LogP contribution < -0.4 is 10.6 Å². The monoisotopic (exact) mass is 351 g/mol. The third-order valence-corrected chi connectivity index (χ3v) is 4.55. The molecule has 1 aliphatic rings. The van der Waals surface area contributed by atoms with Crippen molar-refractivity contribution in [3.05, 3.63) is 34.9 Å². The molecule has 1 saturated heterocycles. The maximum Gasteiger partial charge on any atom is 0.239 e. The molecule has 1 heterocycles. The Labute approximate surface area is 146 Å². The number of carbonyl (C=O) groups is 3. The van der Waals surface area contributed by atoms with E-state index in [-0.39, 0.29) is 30.3 Å². The molecule has 0 saturated carbocycles. The normalized spacial score (nSPS) is 20.6. The molecular formula is C17H22ClN3O3. The number of nitrogens with one attached hydrogen (secondary N) is 2. The van der Waals surface area contributed by atoms with Crippen molar-refractivity contribution in [3.63, 3.8) is 0 Å². The lowest BCUT2D eigenvalue weighted by molar-refractivity contribution is -0.143. The Balaban J connectivity index is 2.26. The van der Waals surface area contributed by atoms with Gasteiger partial charge in [0.1, 0.15) is 0 Å². The van der Waals surface area contributed by atoms with Gasteiger partial charge in [0.25, 0.3) is 0 Å². The summed E-state index contributed by atoms with van der Waals surface area (Å²) in [7, 11) is 1.52. The number of hydrogen-bond acceptors (Lipinski definition) is 3. The van der Waals surface area contributed by atoms with Crippen molar-refractivity contribution in [1.29, 1.82) is 0 Å². The fourth-order valence-electron chi connectivity index (χ4n) is 3.06. The van der Waals surface area contributed by atoms with E-state index in [0.29, 0.717) is 24.4 Å². The molecular weight excluding hydrogens is 330 g/mol. The Bertz CT molecular complexity index is 618. The van der Waals surface area contributed by atoms with Crippen LogP contribution >= 0.6 is 11.6 Å². The highest BCUT2D eigenvalue weighted by molar-refractivity contribution is 6.30. The summed E-state index contributed by atoms with van der Waals surface area (Å²) < 4.78 is 0. The topological polar surface area (TPSA) is 78.5 Å². The lowest BCUT2D eigenvalue weighted by atomic mass is 9.83. The fourth-order valence-corrected chi connectivity index (χ4v) is 3.19. The van der Waals surface area contributed by atoms with Gasteiger partial charge in [0.15, 0.2) is 0 Å². The number of rotatable bonds is 5. The van der Waals surface area contributed by atoms with E-state index in [1.165, 1.54) is 7.05 Å². The van der Waals surface area contributed by atoms with Crippen LogP contribution in [0.5, 0.6) is 0 Å². The van der Waals surface area contributed by atoms with Crippen LogP contribution in [0.25, 0.3) is 0 Å². The van der Waals surface area contributed by atoms with Gasteiger partial charge in [0, 0.05) is 25.0 Å². The van der Waals surface area contributed by atoms with Gasteiger partial charge in [0.05, 0.1) is 18.5 Å². The maximum atomic E-state index is 12.6. The molecule has 1 aliphatic heterocycles. The van der Waals surface area contributed by atoms with Gasteiger partial charge >= 0.3 is 0 Å². The van der Waals surface area contributed by atoms with Crippen LogP contribution in [0.4, 0.5) is 0 Å². The van der Waals surface area contributed by atoms with E-state index in [4.69, 9.17) is 11.6 Å². The van der Waals surface area contributed by atoms with Crippen LogP contribution in [0.15, 0.2) is 24.3 Å². The SMILES string of the molecule is CCN1C(=O)CC[C@@H](C(=O)NCC(=O)NC)[C@@H]1c1ccc(Cl)cc1. The molecule has 1 fully saturated rings. The van der Waals surface area contributed by atoms with Crippen LogP contribution in [0.3, 0.4) is 0 Å². The first-order valence-electron chi connectivity index (χ1n) is 8.01. The Morgan fingerprint density at radius 1 is 1.29 bits per heavy atom. The molecule has 2 N–H and O–H groups in total. The van der Waals surface area contributed by atoms with Crippen molar-refractivity contribution in [2.75, 3.05) is 20.1 Å². The number of hydrogen-bond donors (Lipinski definition) is 2. The van der Waals surface area contributed by atoms with Crippen LogP contribution in [-0.4, -0.2) is 42.8 Å². The minimum Gasteiger partial charge on any atom is -0.358 e. The maximum absolute atomic E-state index is 12.6. The van der Waals surface area contributed by atoms with Crippen LogP contribution in [0, 0.1) is 5.92 Å². The summed E-state index contributed by atoms with van der Waals surface area (Å²) in [5.41, 5.74) is 0.870. The molecule has 0 aliphatic carbocycles. The molecule has 0 radical (unpaired) electrons. The number of halogens is 1. The van der Waals surface area contributed by atoms with Crippen LogP contribution in [-0.2, 0) is 14.4 Å². The second kappa shape index (κ2) is 8.15. The number of likely N-dealkylation sites (N-methyl/N-ethyl adjacent to an activating group) is 1. The van der Waals surface area contributed by atoms with Gasteiger partial charge in [-0.15, -0.1) is 0 Å². The van der Waals surface area contributed by atoms with Gasteiger partial charge in [-0.2, -0.15) is 0 Å². The van der Waals surface area contributed by atoms with E-state index in [0.717, 1.165) is 5.56 Å². The zero-order valence-corrected chi connectivity index (χ0v) is 14.6. The Kier molecular flexibility index (Phi) is 6.20. The molecule has 2 rings (SSSR count). The van der Waals surface area contributed by atoms with Crippen molar-refractivity contribution >= 4 is 29.3 Å². The number of carbonyl (C=O) groups excluding carboxylic acids is 3. The molecule has 6 nitrogen and oxygen atoms in total. The van der Waals surface area contributed by atoms with E-state index >= 15 is 0 Å². The summed E-state index contributed by atoms with van der Waals surface area (Å²) in [6, 6.07) is 6.84. The fraction of sp³-hybridized carbons (Fsp3) is 0.471. The van der Waals surface area contributed by atoms with E-state index in [9.17, 15) is 14.4 Å². The molecule has 7 heteroatoms. The molecule has 2 atom stereocenters. The summed E-state index contributed by atoms with van der Waals surface area (Å²) in [6.07, 6.45) is 0.790. The number of amides is 3. The van der Waals surface area contributed by atoms with Gasteiger partial charge in [-0.3, -0.25) is 14.4 Å². The van der Waals surface area contributed by atoms with E-state index in [2.05, 4.69) is 10.6 Å². The number of benzene rings is 1. The van der Waals surface area contributed by atoms with Gasteiger partial charge in [0.2, 0.25) is 17.7 Å². The summed E-state index contributed by atoms with van der Waals surface area (Å²) >= 11 is 5.94. The Hall–Kier alpha value is -2.08. The van der Waals surface area contributed by atoms with Crippen molar-refractivity contribution in [1.82, 2.24) is 15.5 Å². The first-order chi connectivity index (χ1) is 11.5. The second-order valence-electron chi connectivity index (χ2n) is 5.71. The third-order valence-electron chi connectivity index (χ3n) is 4.30. The largest absolute Gasteiger partial charge is 0.358 e. The number of nitrogens with zero attached hydrogens (tertiary/aromatic N) is 1. The minimum absolute atomic E-state index is 0.0350. The third kappa shape index (κ3) is 4.06. The number of piperidine rings is 1. The molecule has 1 aromatic carbocycles. The van der Waals surface area contributed by atoms with Crippen molar-refractivity contribution < 1.29 is 14.4 Å². The van der Waals surface area contributed by atoms with Crippen molar-refractivity contribution in [2.24, 2.45) is 5.92 Å². The molecule has 3 amide bonds. The average Bonchev–Trinajstić information content (AvgIpc) is 2.59. The molecule has 0 bridgehead atoms. The molecule has 24 heavy (non-hydrogen) atoms. The van der Waals surface area contributed by atoms with Gasteiger partial charge in [-0.05, 0) is 31.0 Å². The second-order valence-corrected chi connectivity index (χ2v) is 6.15. The van der Waals surface area contributed by atoms with Gasteiger partial charge < -0.3 is 15.5 Å². The predicted molar refractivity (Wildman–Crippen MR) is 91.4 cm³/mol. The van der Waals surface area contributed by atoms with Gasteiger partial charge in [-0.25, -0.2) is 0 Å². The van der Waals surface area contributed by atoms with Crippen LogP contribution in [0.2, 0.25) is 5.02 Å². The first-order valence-corrected chi connectivity index (χ1v) is 8.39. The summed E-state index contributed by atoms with van der Waals surface area (Å²) in [5.74, 6) is -0.837. The molecule has 130 valence electrons. The highest BCUT2D eigenvalue weighted by Crippen LogP contribution is 2.37. The highest BCUT2D eigenvalue weighted by Gasteiger charge is 2.39. The average molecular weight is 352 g/mol. The summed E-state index contributed by atoms with van der Waals surface area (Å²) in [5, 5.41) is 5.73. The minimum atomic E-state index is -0.395. The van der Waals surface area contributed by atoms with Crippen molar-refractivity contribution in [3.8, 4) is 0 Å². The van der Waals surface area contributed by atoms with Gasteiger partial charge in [-0.1, -0.05) is 23.7 Å². The summed E-state index contributed by atoms with van der Waals surface area (Å²) in [4.78, 5) is 37.9. The number of likely N-dealkylation sites (tertiary alicyclic amines) is 1. The highest BCUT2D eigenvalue weighted by atomic mass is 35.5. The predicted octanol–water partition coefficient (Wildman–Crippen LogP) is 1.50. The quantitative estimate of drug-likeness (QED) is 0.843. The Morgan fingerprint density at radius 3 is 2.54 bits per heavy atom. The van der Waals surface area contributed by atoms with E-state index < -0.39 is 5.92 Å². The van der Waals surface area contributed by atoms with Crippen molar-refractivity contribution in [2.45, 2.75) is 25.8 Å². The van der Waals surface area contributed by atoms with Crippen LogP contribution in [0.1, 0.15) is 31.4 Å². The first kappa shape index (κ1) is 18.3. The molecule has 0 aromatic heterocycles. The van der Waals surface area contributed by atoms with E-state index in [1.54, 1.807) is 17.0 Å². The lowest BCUT2D eigenvalue weighted by Gasteiger charge is -2.40. The molecule has 0 unspecified atom stereocenters. The lowest BCUT2D eigenvalue weighted by Crippen LogP contribution is -2.49. The molecule has 0 spiro atoms. The standard InChI is InChI=1S/C17H22ClN3O3/c1-3-21-15(23)9-8-13(17(24)20-10-14(22)19-2)16(21)11-4-6-12(18)7-5-11/h4-7,13,16H,3,8-10H2,1-2H3,(H,19,22)(H,20,24)/t13-,16+/m1/s1. The summed E-state index contributed by atoms with van der Waals surface area (Å²) in [6.45, 7) is 2.34.